The van der Waals surface area contributed by atoms with Crippen LogP contribution in [0.15, 0.2) is 65.6 Å². The zero-order chi connectivity index (χ0) is 25.1. The highest BCUT2D eigenvalue weighted by Crippen LogP contribution is 2.39. The summed E-state index contributed by atoms with van der Waals surface area (Å²) in [5.74, 6) is -2.13. The molecule has 1 N–H and O–H groups in total. The summed E-state index contributed by atoms with van der Waals surface area (Å²) >= 11 is 6.18. The topological polar surface area (TPSA) is 72.5 Å². The summed E-state index contributed by atoms with van der Waals surface area (Å²) in [5, 5.41) is 2.25. The van der Waals surface area contributed by atoms with E-state index in [1.165, 1.54) is 49.4 Å². The minimum absolute atomic E-state index is 0.0512. The van der Waals surface area contributed by atoms with Crippen LogP contribution >= 0.6 is 11.6 Å². The number of halogens is 5. The first kappa shape index (κ1) is 25.5. The molecule has 0 aromatic heterocycles. The van der Waals surface area contributed by atoms with Crippen molar-refractivity contribution >= 4 is 33.0 Å². The van der Waals surface area contributed by atoms with Gasteiger partial charge in [-0.25, -0.2) is 12.8 Å². The predicted octanol–water partition coefficient (Wildman–Crippen LogP) is 6.02. The molecule has 0 fully saturated rings. The van der Waals surface area contributed by atoms with Gasteiger partial charge in [-0.2, -0.15) is 0 Å². The first-order valence-corrected chi connectivity index (χ1v) is 11.9. The second-order valence-corrected chi connectivity index (χ2v) is 9.81. The van der Waals surface area contributed by atoms with E-state index < -0.39 is 33.7 Å². The lowest BCUT2D eigenvalue weighted by Gasteiger charge is -2.15. The van der Waals surface area contributed by atoms with Crippen molar-refractivity contribution in [1.82, 2.24) is 0 Å². The van der Waals surface area contributed by atoms with Crippen molar-refractivity contribution in [2.45, 2.75) is 24.6 Å². The molecular formula is C23H18ClF4NO4S. The third-order valence-corrected chi connectivity index (χ3v) is 6.82. The van der Waals surface area contributed by atoms with Gasteiger partial charge in [0.1, 0.15) is 11.6 Å². The molecule has 0 spiro atoms. The number of ether oxygens (including phenoxy) is 1. The quantitative estimate of drug-likeness (QED) is 0.391. The van der Waals surface area contributed by atoms with Gasteiger partial charge in [0.2, 0.25) is 5.91 Å². The molecule has 34 heavy (non-hydrogen) atoms. The highest BCUT2D eigenvalue weighted by molar-refractivity contribution is 7.91. The van der Waals surface area contributed by atoms with Crippen LogP contribution in [0.5, 0.6) is 5.75 Å². The van der Waals surface area contributed by atoms with E-state index in [2.05, 4.69) is 10.1 Å². The highest BCUT2D eigenvalue weighted by atomic mass is 35.5. The molecule has 3 aromatic carbocycles. The number of amides is 1. The lowest BCUT2D eigenvalue weighted by atomic mass is 10.0. The summed E-state index contributed by atoms with van der Waals surface area (Å²) in [5.41, 5.74) is 0.0977. The number of carbonyl (C=O) groups excluding carboxylic acids is 1. The zero-order valence-corrected chi connectivity index (χ0v) is 19.2. The molecule has 0 saturated heterocycles. The molecule has 0 heterocycles. The molecule has 3 rings (SSSR count). The average Bonchev–Trinajstić information content (AvgIpc) is 2.76. The van der Waals surface area contributed by atoms with Gasteiger partial charge in [-0.3, -0.25) is 4.79 Å². The van der Waals surface area contributed by atoms with E-state index in [0.717, 1.165) is 18.2 Å². The van der Waals surface area contributed by atoms with Gasteiger partial charge >= 0.3 is 6.36 Å². The van der Waals surface area contributed by atoms with Gasteiger partial charge in [-0.15, -0.1) is 13.2 Å². The van der Waals surface area contributed by atoms with Crippen LogP contribution in [-0.2, 0) is 21.1 Å². The van der Waals surface area contributed by atoms with Crippen molar-refractivity contribution in [1.29, 1.82) is 0 Å². The van der Waals surface area contributed by atoms with E-state index in [-0.39, 0.29) is 38.9 Å². The van der Waals surface area contributed by atoms with E-state index >= 15 is 0 Å². The summed E-state index contributed by atoms with van der Waals surface area (Å²) in [7, 11) is -3.38. The molecule has 0 aliphatic carbocycles. The number of para-hydroxylation sites is 1. The second-order valence-electron chi connectivity index (χ2n) is 7.13. The number of alkyl halides is 3. The van der Waals surface area contributed by atoms with Gasteiger partial charge in [-0.05, 0) is 35.9 Å². The lowest BCUT2D eigenvalue weighted by Crippen LogP contribution is -2.17. The summed E-state index contributed by atoms with van der Waals surface area (Å²) in [6.45, 7) is 1.52. The van der Waals surface area contributed by atoms with Crippen LogP contribution in [0.2, 0.25) is 5.02 Å². The number of hydrogen-bond acceptors (Lipinski definition) is 4. The van der Waals surface area contributed by atoms with E-state index in [0.29, 0.717) is 5.56 Å². The minimum Gasteiger partial charge on any atom is -0.405 e. The van der Waals surface area contributed by atoms with Crippen LogP contribution in [0.3, 0.4) is 0 Å². The zero-order valence-electron chi connectivity index (χ0n) is 17.6. The Morgan fingerprint density at radius 1 is 1.03 bits per heavy atom. The molecule has 180 valence electrons. The van der Waals surface area contributed by atoms with Crippen LogP contribution < -0.4 is 10.1 Å². The fourth-order valence-electron chi connectivity index (χ4n) is 3.11. The Morgan fingerprint density at radius 3 is 2.29 bits per heavy atom. The largest absolute Gasteiger partial charge is 0.573 e. The second kappa shape index (κ2) is 10.0. The Bertz CT molecular complexity index is 1310. The maximum atomic E-state index is 14.7. The third-order valence-electron chi connectivity index (χ3n) is 4.76. The average molecular weight is 516 g/mol. The standard InChI is InChI=1S/C23H18ClF4NO4S/c1-2-34(31,32)15-9-7-14(8-10-15)11-22(30)29-20-13-18(24)17(12-19(20)25)16-5-3-4-6-21(16)33-23(26,27)28/h3-10,12-13H,2,11H2,1H3,(H,29,30). The first-order valence-electron chi connectivity index (χ1n) is 9.85. The SMILES string of the molecule is CCS(=O)(=O)c1ccc(CC(=O)Nc2cc(Cl)c(-c3ccccc3OC(F)(F)F)cc2F)cc1. The van der Waals surface area contributed by atoms with Crippen LogP contribution in [0.25, 0.3) is 11.1 Å². The molecule has 11 heteroatoms. The molecule has 5 nitrogen and oxygen atoms in total. The van der Waals surface area contributed by atoms with Gasteiger partial charge in [-0.1, -0.05) is 48.9 Å². The summed E-state index contributed by atoms with van der Waals surface area (Å²) in [6.07, 6.45) is -5.12. The Hall–Kier alpha value is -3.11. The van der Waals surface area contributed by atoms with Crippen molar-refractivity contribution in [3.05, 3.63) is 77.1 Å². The van der Waals surface area contributed by atoms with Crippen LogP contribution in [-0.4, -0.2) is 26.4 Å². The van der Waals surface area contributed by atoms with Crippen molar-refractivity contribution < 1.29 is 35.5 Å². The number of sulfone groups is 1. The minimum atomic E-state index is -4.95. The molecule has 0 bridgehead atoms. The maximum absolute atomic E-state index is 14.7. The monoisotopic (exact) mass is 515 g/mol. The van der Waals surface area contributed by atoms with Crippen molar-refractivity contribution in [3.63, 3.8) is 0 Å². The number of rotatable bonds is 7. The Kier molecular flexibility index (Phi) is 7.52. The van der Waals surface area contributed by atoms with Gasteiger partial charge in [0.05, 0.1) is 27.8 Å². The summed E-state index contributed by atoms with van der Waals surface area (Å²) in [4.78, 5) is 12.5. The number of anilines is 1. The third kappa shape index (κ3) is 6.27. The molecule has 0 atom stereocenters. The van der Waals surface area contributed by atoms with Gasteiger partial charge in [0, 0.05) is 11.1 Å². The fraction of sp³-hybridized carbons (Fsp3) is 0.174. The lowest BCUT2D eigenvalue weighted by molar-refractivity contribution is -0.274. The maximum Gasteiger partial charge on any atom is 0.573 e. The van der Waals surface area contributed by atoms with Crippen LogP contribution in [0.1, 0.15) is 12.5 Å². The van der Waals surface area contributed by atoms with E-state index in [1.807, 2.05) is 0 Å². The van der Waals surface area contributed by atoms with Gasteiger partial charge in [0.15, 0.2) is 9.84 Å². The molecule has 0 aliphatic rings. The Labute approximate surface area is 198 Å². The molecule has 0 aliphatic heterocycles. The van der Waals surface area contributed by atoms with E-state index in [4.69, 9.17) is 11.6 Å². The molecule has 1 amide bonds. The van der Waals surface area contributed by atoms with Crippen molar-refractivity contribution in [2.75, 3.05) is 11.1 Å². The van der Waals surface area contributed by atoms with Gasteiger partial charge < -0.3 is 10.1 Å². The fourth-order valence-corrected chi connectivity index (χ4v) is 4.26. The molecule has 0 radical (unpaired) electrons. The molecule has 0 saturated carbocycles. The Morgan fingerprint density at radius 2 is 1.68 bits per heavy atom. The van der Waals surface area contributed by atoms with E-state index in [9.17, 15) is 30.8 Å². The highest BCUT2D eigenvalue weighted by Gasteiger charge is 2.32. The van der Waals surface area contributed by atoms with Crippen molar-refractivity contribution in [2.24, 2.45) is 0 Å². The van der Waals surface area contributed by atoms with Crippen LogP contribution in [0, 0.1) is 5.82 Å². The molecule has 0 unspecified atom stereocenters. The predicted molar refractivity (Wildman–Crippen MR) is 120 cm³/mol. The first-order chi connectivity index (χ1) is 15.9. The van der Waals surface area contributed by atoms with Crippen molar-refractivity contribution in [3.8, 4) is 16.9 Å². The van der Waals surface area contributed by atoms with Gasteiger partial charge in [0.25, 0.3) is 0 Å². The number of nitrogens with one attached hydrogen (secondary N) is 1. The molecule has 3 aromatic rings. The van der Waals surface area contributed by atoms with Crippen LogP contribution in [0.4, 0.5) is 23.2 Å². The summed E-state index contributed by atoms with van der Waals surface area (Å²) < 4.78 is 80.5. The Balaban J connectivity index is 1.79. The smallest absolute Gasteiger partial charge is 0.405 e. The summed E-state index contributed by atoms with van der Waals surface area (Å²) in [6, 6.07) is 12.9. The van der Waals surface area contributed by atoms with E-state index in [1.54, 1.807) is 0 Å². The normalized spacial score (nSPS) is 11.8. The molecular weight excluding hydrogens is 498 g/mol. The number of hydrogen-bond donors (Lipinski definition) is 1. The number of carbonyl (C=O) groups is 1. The number of benzene rings is 3.